The van der Waals surface area contributed by atoms with Gasteiger partial charge in [0.2, 0.25) is 0 Å². The van der Waals surface area contributed by atoms with Gasteiger partial charge in [-0.15, -0.1) is 0 Å². The molecule has 116 valence electrons. The van der Waals surface area contributed by atoms with Gasteiger partial charge >= 0.3 is 0 Å². The number of amides is 1. The van der Waals surface area contributed by atoms with E-state index in [1.807, 2.05) is 36.4 Å². The molecule has 3 rings (SSSR count). The first kappa shape index (κ1) is 15.6. The third-order valence-electron chi connectivity index (χ3n) is 3.60. The summed E-state index contributed by atoms with van der Waals surface area (Å²) in [4.78, 5) is 12.1. The van der Waals surface area contributed by atoms with Crippen molar-refractivity contribution in [2.24, 2.45) is 0 Å². The summed E-state index contributed by atoms with van der Waals surface area (Å²) in [5.41, 5.74) is 1.74. The molecule has 3 aromatic carbocycles. The van der Waals surface area contributed by atoms with Crippen LogP contribution < -0.4 is 10.6 Å². The van der Waals surface area contributed by atoms with Crippen LogP contribution in [-0.4, -0.2) is 19.0 Å². The first-order chi connectivity index (χ1) is 11.2. The molecule has 0 aliphatic rings. The molecule has 23 heavy (non-hydrogen) atoms. The lowest BCUT2D eigenvalue weighted by Gasteiger charge is -2.10. The van der Waals surface area contributed by atoms with Crippen LogP contribution in [0.2, 0.25) is 0 Å². The van der Waals surface area contributed by atoms with Gasteiger partial charge in [-0.25, -0.2) is 0 Å². The number of carbonyl (C=O) groups excluding carboxylic acids is 1. The maximum absolute atomic E-state index is 12.1. The van der Waals surface area contributed by atoms with Crippen LogP contribution >= 0.6 is 15.9 Å². The topological polar surface area (TPSA) is 41.1 Å². The third-order valence-corrected chi connectivity index (χ3v) is 4.10. The number of halogens is 1. The number of fused-ring (bicyclic) bond motifs is 1. The first-order valence-electron chi connectivity index (χ1n) is 7.49. The molecule has 0 aromatic heterocycles. The van der Waals surface area contributed by atoms with Crippen LogP contribution in [0.15, 0.2) is 71.2 Å². The van der Waals surface area contributed by atoms with E-state index in [0.29, 0.717) is 18.7 Å². The Balaban J connectivity index is 1.56. The predicted octanol–water partition coefficient (Wildman–Crippen LogP) is 4.44. The molecule has 0 heterocycles. The molecule has 0 aliphatic carbocycles. The fourth-order valence-corrected chi connectivity index (χ4v) is 2.88. The Kier molecular flexibility index (Phi) is 4.93. The zero-order chi connectivity index (χ0) is 16.1. The quantitative estimate of drug-likeness (QED) is 0.653. The lowest BCUT2D eigenvalue weighted by Crippen LogP contribution is -2.28. The molecule has 4 heteroatoms. The van der Waals surface area contributed by atoms with Crippen LogP contribution in [-0.2, 0) is 0 Å². The Labute approximate surface area is 143 Å². The molecule has 0 fully saturated rings. The van der Waals surface area contributed by atoms with E-state index in [4.69, 9.17) is 0 Å². The van der Waals surface area contributed by atoms with E-state index in [2.05, 4.69) is 50.8 Å². The van der Waals surface area contributed by atoms with Crippen molar-refractivity contribution >= 4 is 38.3 Å². The average Bonchev–Trinajstić information content (AvgIpc) is 2.58. The number of rotatable bonds is 5. The van der Waals surface area contributed by atoms with E-state index in [-0.39, 0.29) is 5.91 Å². The van der Waals surface area contributed by atoms with Crippen LogP contribution in [0.3, 0.4) is 0 Å². The molecule has 0 bridgehead atoms. The normalized spacial score (nSPS) is 10.5. The third kappa shape index (κ3) is 3.90. The zero-order valence-corrected chi connectivity index (χ0v) is 14.1. The van der Waals surface area contributed by atoms with Gasteiger partial charge in [0.15, 0.2) is 0 Å². The molecule has 3 aromatic rings. The van der Waals surface area contributed by atoms with Gasteiger partial charge in [-0.2, -0.15) is 0 Å². The SMILES string of the molecule is O=C(NCCNc1cccc2ccccc12)c1cccc(Br)c1. The Morgan fingerprint density at radius 2 is 1.70 bits per heavy atom. The molecule has 0 aliphatic heterocycles. The van der Waals surface area contributed by atoms with Crippen LogP contribution in [0.4, 0.5) is 5.69 Å². The number of hydrogen-bond donors (Lipinski definition) is 2. The summed E-state index contributed by atoms with van der Waals surface area (Å²) in [6.07, 6.45) is 0. The van der Waals surface area contributed by atoms with Gasteiger partial charge in [-0.3, -0.25) is 4.79 Å². The van der Waals surface area contributed by atoms with Crippen LogP contribution in [0, 0.1) is 0 Å². The van der Waals surface area contributed by atoms with Crippen molar-refractivity contribution < 1.29 is 4.79 Å². The van der Waals surface area contributed by atoms with E-state index in [9.17, 15) is 4.79 Å². The fraction of sp³-hybridized carbons (Fsp3) is 0.105. The molecule has 2 N–H and O–H groups in total. The van der Waals surface area contributed by atoms with Gasteiger partial charge in [0, 0.05) is 34.2 Å². The van der Waals surface area contributed by atoms with Crippen LogP contribution in [0.5, 0.6) is 0 Å². The molecule has 1 amide bonds. The molecule has 0 saturated carbocycles. The summed E-state index contributed by atoms with van der Waals surface area (Å²) in [6, 6.07) is 21.8. The van der Waals surface area contributed by atoms with Crippen LogP contribution in [0.25, 0.3) is 10.8 Å². The van der Waals surface area contributed by atoms with Gasteiger partial charge in [-0.1, -0.05) is 58.4 Å². The van der Waals surface area contributed by atoms with Crippen molar-refractivity contribution in [3.05, 3.63) is 76.8 Å². The number of nitrogens with one attached hydrogen (secondary N) is 2. The number of benzene rings is 3. The molecule has 0 radical (unpaired) electrons. The highest BCUT2D eigenvalue weighted by Gasteiger charge is 2.05. The monoisotopic (exact) mass is 368 g/mol. The minimum Gasteiger partial charge on any atom is -0.383 e. The Bertz CT molecular complexity index is 827. The Morgan fingerprint density at radius 3 is 2.57 bits per heavy atom. The van der Waals surface area contributed by atoms with Crippen LogP contribution in [0.1, 0.15) is 10.4 Å². The van der Waals surface area contributed by atoms with Crippen molar-refractivity contribution in [3.63, 3.8) is 0 Å². The number of anilines is 1. The highest BCUT2D eigenvalue weighted by atomic mass is 79.9. The van der Waals surface area contributed by atoms with Crippen molar-refractivity contribution in [1.82, 2.24) is 5.32 Å². The van der Waals surface area contributed by atoms with Crippen molar-refractivity contribution in [2.45, 2.75) is 0 Å². The van der Waals surface area contributed by atoms with Gasteiger partial charge in [0.05, 0.1) is 0 Å². The largest absolute Gasteiger partial charge is 0.383 e. The predicted molar refractivity (Wildman–Crippen MR) is 98.9 cm³/mol. The molecule has 0 atom stereocenters. The summed E-state index contributed by atoms with van der Waals surface area (Å²) in [5.74, 6) is -0.0639. The fourth-order valence-electron chi connectivity index (χ4n) is 2.48. The maximum Gasteiger partial charge on any atom is 0.251 e. The zero-order valence-electron chi connectivity index (χ0n) is 12.6. The van der Waals surface area contributed by atoms with Gasteiger partial charge in [0.25, 0.3) is 5.91 Å². The van der Waals surface area contributed by atoms with Gasteiger partial charge in [-0.05, 0) is 29.7 Å². The van der Waals surface area contributed by atoms with E-state index in [0.717, 1.165) is 10.2 Å². The van der Waals surface area contributed by atoms with Gasteiger partial charge in [0.1, 0.15) is 0 Å². The standard InChI is InChI=1S/C19H17BrN2O/c20-16-8-3-7-15(13-16)19(23)22-12-11-21-18-10-4-6-14-5-1-2-9-17(14)18/h1-10,13,21H,11-12H2,(H,22,23). The van der Waals surface area contributed by atoms with Gasteiger partial charge < -0.3 is 10.6 Å². The number of carbonyl (C=O) groups is 1. The van der Waals surface area contributed by atoms with E-state index in [1.54, 1.807) is 6.07 Å². The van der Waals surface area contributed by atoms with E-state index in [1.165, 1.54) is 10.8 Å². The molecule has 0 saturated heterocycles. The Morgan fingerprint density at radius 1 is 0.913 bits per heavy atom. The summed E-state index contributed by atoms with van der Waals surface area (Å²) >= 11 is 3.37. The Hall–Kier alpha value is -2.33. The molecule has 3 nitrogen and oxygen atoms in total. The van der Waals surface area contributed by atoms with E-state index < -0.39 is 0 Å². The van der Waals surface area contributed by atoms with E-state index >= 15 is 0 Å². The molecular weight excluding hydrogens is 352 g/mol. The molecule has 0 spiro atoms. The summed E-state index contributed by atoms with van der Waals surface area (Å²) < 4.78 is 0.902. The summed E-state index contributed by atoms with van der Waals surface area (Å²) in [6.45, 7) is 1.24. The lowest BCUT2D eigenvalue weighted by atomic mass is 10.1. The summed E-state index contributed by atoms with van der Waals surface area (Å²) in [5, 5.41) is 8.70. The highest BCUT2D eigenvalue weighted by molar-refractivity contribution is 9.10. The first-order valence-corrected chi connectivity index (χ1v) is 8.29. The maximum atomic E-state index is 12.1. The minimum atomic E-state index is -0.0639. The highest BCUT2D eigenvalue weighted by Crippen LogP contribution is 2.22. The molecule has 0 unspecified atom stereocenters. The van der Waals surface area contributed by atoms with Crippen molar-refractivity contribution in [3.8, 4) is 0 Å². The van der Waals surface area contributed by atoms with Crippen molar-refractivity contribution in [2.75, 3.05) is 18.4 Å². The van der Waals surface area contributed by atoms with Crippen molar-refractivity contribution in [1.29, 1.82) is 0 Å². The lowest BCUT2D eigenvalue weighted by molar-refractivity contribution is 0.0955. The second-order valence-electron chi connectivity index (χ2n) is 5.22. The summed E-state index contributed by atoms with van der Waals surface area (Å²) in [7, 11) is 0. The second kappa shape index (κ2) is 7.29. The average molecular weight is 369 g/mol. The number of hydrogen-bond acceptors (Lipinski definition) is 2. The minimum absolute atomic E-state index is 0.0639. The molecular formula is C19H17BrN2O. The smallest absolute Gasteiger partial charge is 0.251 e. The second-order valence-corrected chi connectivity index (χ2v) is 6.14.